The van der Waals surface area contributed by atoms with Crippen molar-refractivity contribution in [1.29, 1.82) is 0 Å². The zero-order valence-corrected chi connectivity index (χ0v) is 9.82. The number of hydrogen-bond acceptors (Lipinski definition) is 4. The van der Waals surface area contributed by atoms with Crippen molar-refractivity contribution in [2.75, 3.05) is 7.11 Å². The molecule has 0 saturated heterocycles. The molecule has 0 spiro atoms. The fraction of sp³-hybridized carbons (Fsp3) is 0.636. The van der Waals surface area contributed by atoms with Crippen molar-refractivity contribution in [2.24, 2.45) is 5.73 Å². The molecule has 2 atom stereocenters. The molecule has 0 bridgehead atoms. The van der Waals surface area contributed by atoms with Gasteiger partial charge in [-0.3, -0.25) is 0 Å². The Hall–Kier alpha value is -1.00. The van der Waals surface area contributed by atoms with Crippen LogP contribution in [0.5, 0.6) is 0 Å². The highest BCUT2D eigenvalue weighted by molar-refractivity contribution is 5.12. The Morgan fingerprint density at radius 3 is 2.60 bits per heavy atom. The number of aryl methyl sites for hydroxylation is 1. The molecule has 0 fully saturated rings. The van der Waals surface area contributed by atoms with E-state index in [1.807, 2.05) is 26.8 Å². The molecular weight excluding hydrogens is 190 g/mol. The van der Waals surface area contributed by atoms with Crippen LogP contribution in [0.15, 0.2) is 6.07 Å². The molecule has 15 heavy (non-hydrogen) atoms. The summed E-state index contributed by atoms with van der Waals surface area (Å²) in [6.45, 7) is 5.86. The lowest BCUT2D eigenvalue weighted by Gasteiger charge is -2.11. The van der Waals surface area contributed by atoms with Gasteiger partial charge in [-0.25, -0.2) is 9.97 Å². The van der Waals surface area contributed by atoms with Crippen LogP contribution < -0.4 is 5.73 Å². The molecule has 0 aliphatic heterocycles. The summed E-state index contributed by atoms with van der Waals surface area (Å²) < 4.78 is 5.19. The minimum atomic E-state index is -0.0725. The minimum absolute atomic E-state index is 0.0725. The number of aromatic nitrogens is 2. The topological polar surface area (TPSA) is 61.0 Å². The Morgan fingerprint density at radius 1 is 1.40 bits per heavy atom. The normalized spacial score (nSPS) is 15.0. The summed E-state index contributed by atoms with van der Waals surface area (Å²) in [5.74, 6) is 0.730. The molecule has 2 unspecified atom stereocenters. The average molecular weight is 209 g/mol. The van der Waals surface area contributed by atoms with Gasteiger partial charge in [0.25, 0.3) is 0 Å². The van der Waals surface area contributed by atoms with E-state index in [1.165, 1.54) is 0 Å². The lowest BCUT2D eigenvalue weighted by atomic mass is 10.1. The second-order valence-corrected chi connectivity index (χ2v) is 3.92. The van der Waals surface area contributed by atoms with Crippen LogP contribution in [0.4, 0.5) is 0 Å². The first-order valence-corrected chi connectivity index (χ1v) is 5.15. The maximum atomic E-state index is 5.74. The largest absolute Gasteiger partial charge is 0.374 e. The van der Waals surface area contributed by atoms with E-state index >= 15 is 0 Å². The summed E-state index contributed by atoms with van der Waals surface area (Å²) in [5.41, 5.74) is 7.68. The van der Waals surface area contributed by atoms with Crippen molar-refractivity contribution in [1.82, 2.24) is 9.97 Å². The molecule has 4 nitrogen and oxygen atoms in total. The van der Waals surface area contributed by atoms with Crippen molar-refractivity contribution in [3.8, 4) is 0 Å². The molecule has 0 aliphatic carbocycles. The van der Waals surface area contributed by atoms with Crippen molar-refractivity contribution in [3.63, 3.8) is 0 Å². The summed E-state index contributed by atoms with van der Waals surface area (Å²) in [4.78, 5) is 8.76. The third-order valence-corrected chi connectivity index (χ3v) is 2.17. The van der Waals surface area contributed by atoms with E-state index in [0.29, 0.717) is 0 Å². The van der Waals surface area contributed by atoms with Crippen LogP contribution in [-0.4, -0.2) is 23.1 Å². The number of hydrogen-bond donors (Lipinski definition) is 1. The van der Waals surface area contributed by atoms with Gasteiger partial charge < -0.3 is 10.5 Å². The van der Waals surface area contributed by atoms with Gasteiger partial charge in [0.05, 0.1) is 0 Å². The molecule has 1 rings (SSSR count). The summed E-state index contributed by atoms with van der Waals surface area (Å²) in [5, 5.41) is 0. The summed E-state index contributed by atoms with van der Waals surface area (Å²) in [6, 6.07) is 2.08. The van der Waals surface area contributed by atoms with Crippen LogP contribution in [0.1, 0.15) is 37.2 Å². The molecule has 0 aliphatic rings. The van der Waals surface area contributed by atoms with Crippen molar-refractivity contribution in [3.05, 3.63) is 23.3 Å². The first kappa shape index (κ1) is 12.1. The highest BCUT2D eigenvalue weighted by Crippen LogP contribution is 2.12. The van der Waals surface area contributed by atoms with Crippen LogP contribution in [-0.2, 0) is 11.2 Å². The SMILES string of the molecule is COC(C)c1nc(C)cc(CC(C)N)n1. The first-order valence-electron chi connectivity index (χ1n) is 5.15. The summed E-state index contributed by atoms with van der Waals surface area (Å²) in [6.07, 6.45) is 0.698. The van der Waals surface area contributed by atoms with Crippen molar-refractivity contribution in [2.45, 2.75) is 39.3 Å². The molecule has 0 radical (unpaired) electrons. The maximum absolute atomic E-state index is 5.74. The lowest BCUT2D eigenvalue weighted by Crippen LogP contribution is -2.19. The Kier molecular flexibility index (Phi) is 4.17. The second-order valence-electron chi connectivity index (χ2n) is 3.92. The Labute approximate surface area is 90.9 Å². The second kappa shape index (κ2) is 5.19. The quantitative estimate of drug-likeness (QED) is 0.813. The summed E-state index contributed by atoms with van der Waals surface area (Å²) in [7, 11) is 1.65. The van der Waals surface area contributed by atoms with E-state index in [1.54, 1.807) is 7.11 Å². The third-order valence-electron chi connectivity index (χ3n) is 2.17. The molecule has 1 heterocycles. The molecule has 2 N–H and O–H groups in total. The van der Waals surface area contributed by atoms with Crippen LogP contribution >= 0.6 is 0 Å². The van der Waals surface area contributed by atoms with Crippen molar-refractivity contribution >= 4 is 0 Å². The highest BCUT2D eigenvalue weighted by atomic mass is 16.5. The van der Waals surface area contributed by atoms with Gasteiger partial charge in [0.15, 0.2) is 5.82 Å². The van der Waals surface area contributed by atoms with Gasteiger partial charge in [-0.2, -0.15) is 0 Å². The van der Waals surface area contributed by atoms with Crippen molar-refractivity contribution < 1.29 is 4.74 Å². The number of rotatable bonds is 4. The van der Waals surface area contributed by atoms with E-state index in [0.717, 1.165) is 23.6 Å². The molecule has 0 saturated carbocycles. The van der Waals surface area contributed by atoms with Crippen LogP contribution in [0.2, 0.25) is 0 Å². The molecular formula is C11H19N3O. The van der Waals surface area contributed by atoms with E-state index < -0.39 is 0 Å². The van der Waals surface area contributed by atoms with E-state index in [-0.39, 0.29) is 12.1 Å². The van der Waals surface area contributed by atoms with Crippen LogP contribution in [0.3, 0.4) is 0 Å². The Balaban J connectivity index is 2.94. The van der Waals surface area contributed by atoms with Gasteiger partial charge in [-0.1, -0.05) is 0 Å². The lowest BCUT2D eigenvalue weighted by molar-refractivity contribution is 0.111. The van der Waals surface area contributed by atoms with Gasteiger partial charge in [-0.15, -0.1) is 0 Å². The van der Waals surface area contributed by atoms with E-state index in [2.05, 4.69) is 9.97 Å². The van der Waals surface area contributed by atoms with Gasteiger partial charge in [0.2, 0.25) is 0 Å². The fourth-order valence-electron chi connectivity index (χ4n) is 1.38. The maximum Gasteiger partial charge on any atom is 0.157 e. The number of ether oxygens (including phenoxy) is 1. The molecule has 0 amide bonds. The Morgan fingerprint density at radius 2 is 2.07 bits per heavy atom. The van der Waals surface area contributed by atoms with Crippen LogP contribution in [0.25, 0.3) is 0 Å². The first-order chi connectivity index (χ1) is 7.02. The predicted octanol–water partition coefficient (Wildman–Crippen LogP) is 1.38. The number of methoxy groups -OCH3 is 1. The van der Waals surface area contributed by atoms with E-state index in [9.17, 15) is 0 Å². The zero-order chi connectivity index (χ0) is 11.4. The van der Waals surface area contributed by atoms with Crippen LogP contribution in [0, 0.1) is 6.92 Å². The minimum Gasteiger partial charge on any atom is -0.374 e. The standard InChI is InChI=1S/C11H19N3O/c1-7(12)5-10-6-8(2)13-11(14-10)9(3)15-4/h6-7,9H,5,12H2,1-4H3. The molecule has 4 heteroatoms. The molecule has 1 aromatic rings. The molecule has 84 valence electrons. The van der Waals surface area contributed by atoms with Gasteiger partial charge in [0.1, 0.15) is 6.10 Å². The van der Waals surface area contributed by atoms with Gasteiger partial charge in [0, 0.05) is 31.0 Å². The summed E-state index contributed by atoms with van der Waals surface area (Å²) >= 11 is 0. The highest BCUT2D eigenvalue weighted by Gasteiger charge is 2.10. The average Bonchev–Trinajstić information content (AvgIpc) is 2.14. The number of nitrogens with zero attached hydrogens (tertiary/aromatic N) is 2. The third kappa shape index (κ3) is 3.57. The fourth-order valence-corrected chi connectivity index (χ4v) is 1.38. The van der Waals surface area contributed by atoms with Gasteiger partial charge in [-0.05, 0) is 26.8 Å². The van der Waals surface area contributed by atoms with E-state index in [4.69, 9.17) is 10.5 Å². The smallest absolute Gasteiger partial charge is 0.157 e. The van der Waals surface area contributed by atoms with Gasteiger partial charge >= 0.3 is 0 Å². The predicted molar refractivity (Wildman–Crippen MR) is 59.5 cm³/mol. The monoisotopic (exact) mass is 209 g/mol. The Bertz CT molecular complexity index is 326. The molecule has 0 aromatic carbocycles. The zero-order valence-electron chi connectivity index (χ0n) is 9.82. The number of nitrogens with two attached hydrogens (primary N) is 1. The molecule has 1 aromatic heterocycles.